The molecule has 11 heavy (non-hydrogen) atoms. The molecule has 0 saturated heterocycles. The summed E-state index contributed by atoms with van der Waals surface area (Å²) in [6.07, 6.45) is 0.744. The summed E-state index contributed by atoms with van der Waals surface area (Å²) in [6.45, 7) is 1.19. The lowest BCUT2D eigenvalue weighted by atomic mass is 10.3. The molecule has 0 aromatic heterocycles. The van der Waals surface area contributed by atoms with Gasteiger partial charge in [-0.3, -0.25) is 0 Å². The molecule has 0 bridgehead atoms. The van der Waals surface area contributed by atoms with Crippen LogP contribution < -0.4 is 0 Å². The molecule has 0 unspecified atom stereocenters. The molecule has 2 aliphatic heterocycles. The first kappa shape index (κ1) is 7.03. The molecule has 4 heteroatoms. The van der Waals surface area contributed by atoms with Gasteiger partial charge in [-0.25, -0.2) is 4.79 Å². The predicted octanol–water partition coefficient (Wildman–Crippen LogP) is 0.908. The molecule has 2 aliphatic rings. The fraction of sp³-hybridized carbons (Fsp3) is 0.571. The first-order valence-corrected chi connectivity index (χ1v) is 4.52. The number of ether oxygens (including phenoxy) is 2. The molecular formula is C7H8O3S. The lowest BCUT2D eigenvalue weighted by Crippen LogP contribution is -2.21. The van der Waals surface area contributed by atoms with Crippen LogP contribution in [0.2, 0.25) is 0 Å². The molecule has 0 aromatic carbocycles. The summed E-state index contributed by atoms with van der Waals surface area (Å²) in [4.78, 5) is 11.7. The topological polar surface area (TPSA) is 35.5 Å². The molecule has 0 amide bonds. The van der Waals surface area contributed by atoms with Crippen molar-refractivity contribution in [1.82, 2.24) is 0 Å². The van der Waals surface area contributed by atoms with Gasteiger partial charge in [-0.15, -0.1) is 11.8 Å². The van der Waals surface area contributed by atoms with Crippen LogP contribution in [0.25, 0.3) is 0 Å². The fourth-order valence-corrected chi connectivity index (χ4v) is 1.98. The number of cyclic esters (lactones) is 1. The van der Waals surface area contributed by atoms with E-state index >= 15 is 0 Å². The van der Waals surface area contributed by atoms with Crippen molar-refractivity contribution in [2.45, 2.75) is 6.42 Å². The lowest BCUT2D eigenvalue weighted by molar-refractivity contribution is -0.139. The van der Waals surface area contributed by atoms with E-state index in [0.717, 1.165) is 24.5 Å². The van der Waals surface area contributed by atoms with Gasteiger partial charge in [-0.1, -0.05) is 0 Å². The van der Waals surface area contributed by atoms with Crippen LogP contribution in [-0.2, 0) is 14.3 Å². The SMILES string of the molecule is O=C1OCCC2=C1SCCO2. The van der Waals surface area contributed by atoms with Gasteiger partial charge >= 0.3 is 5.97 Å². The van der Waals surface area contributed by atoms with Crippen LogP contribution >= 0.6 is 11.8 Å². The Morgan fingerprint density at radius 2 is 2.18 bits per heavy atom. The Hall–Kier alpha value is -0.640. The van der Waals surface area contributed by atoms with Crippen molar-refractivity contribution in [3.05, 3.63) is 10.7 Å². The quantitative estimate of drug-likeness (QED) is 0.509. The zero-order chi connectivity index (χ0) is 7.68. The van der Waals surface area contributed by atoms with Gasteiger partial charge in [0.25, 0.3) is 0 Å². The van der Waals surface area contributed by atoms with Gasteiger partial charge in [-0.2, -0.15) is 0 Å². The second-order valence-corrected chi connectivity index (χ2v) is 3.44. The highest BCUT2D eigenvalue weighted by Gasteiger charge is 2.26. The van der Waals surface area contributed by atoms with E-state index in [1.165, 1.54) is 11.8 Å². The van der Waals surface area contributed by atoms with Crippen molar-refractivity contribution >= 4 is 17.7 Å². The monoisotopic (exact) mass is 172 g/mol. The molecule has 0 fully saturated rings. The molecule has 2 heterocycles. The van der Waals surface area contributed by atoms with Crippen LogP contribution in [0, 0.1) is 0 Å². The molecule has 0 N–H and O–H groups in total. The molecule has 0 saturated carbocycles. The number of rotatable bonds is 0. The molecule has 0 spiro atoms. The average Bonchev–Trinajstić information content (AvgIpc) is 2.06. The molecule has 3 nitrogen and oxygen atoms in total. The van der Waals surface area contributed by atoms with E-state index in [2.05, 4.69) is 0 Å². The van der Waals surface area contributed by atoms with E-state index in [-0.39, 0.29) is 5.97 Å². The maximum absolute atomic E-state index is 11.0. The maximum Gasteiger partial charge on any atom is 0.348 e. The van der Waals surface area contributed by atoms with E-state index in [0.29, 0.717) is 11.5 Å². The standard InChI is InChI=1S/C7H8O3S/c8-7-6-5(1-2-10-7)9-3-4-11-6/h1-4H2. The normalized spacial score (nSPS) is 23.8. The lowest BCUT2D eigenvalue weighted by Gasteiger charge is -2.23. The third kappa shape index (κ3) is 1.22. The Morgan fingerprint density at radius 3 is 3.00 bits per heavy atom. The van der Waals surface area contributed by atoms with Crippen LogP contribution in [0.15, 0.2) is 10.7 Å². The van der Waals surface area contributed by atoms with Crippen molar-refractivity contribution in [1.29, 1.82) is 0 Å². The zero-order valence-electron chi connectivity index (χ0n) is 5.96. The minimum Gasteiger partial charge on any atom is -0.495 e. The van der Waals surface area contributed by atoms with Crippen LogP contribution in [0.5, 0.6) is 0 Å². The summed E-state index contributed by atoms with van der Waals surface area (Å²) in [7, 11) is 0. The number of hydrogen-bond acceptors (Lipinski definition) is 4. The average molecular weight is 172 g/mol. The molecular weight excluding hydrogens is 164 g/mol. The molecule has 0 radical (unpaired) electrons. The zero-order valence-corrected chi connectivity index (χ0v) is 6.78. The number of carbonyl (C=O) groups is 1. The molecule has 2 rings (SSSR count). The first-order valence-electron chi connectivity index (χ1n) is 3.54. The molecule has 60 valence electrons. The minimum absolute atomic E-state index is 0.212. The summed E-state index contributed by atoms with van der Waals surface area (Å²) in [5.41, 5.74) is 0. The Bertz CT molecular complexity index is 218. The van der Waals surface area contributed by atoms with Crippen molar-refractivity contribution in [2.75, 3.05) is 19.0 Å². The van der Waals surface area contributed by atoms with Gasteiger partial charge in [0.05, 0.1) is 13.2 Å². The summed E-state index contributed by atoms with van der Waals surface area (Å²) >= 11 is 1.54. The number of esters is 1. The van der Waals surface area contributed by atoms with E-state index in [9.17, 15) is 4.79 Å². The second-order valence-electron chi connectivity index (χ2n) is 2.34. The van der Waals surface area contributed by atoms with Gasteiger partial charge in [0.15, 0.2) is 0 Å². The Labute approximate surface area is 68.7 Å². The smallest absolute Gasteiger partial charge is 0.348 e. The van der Waals surface area contributed by atoms with E-state index in [4.69, 9.17) is 9.47 Å². The Balaban J connectivity index is 2.27. The van der Waals surface area contributed by atoms with Crippen molar-refractivity contribution in [3.63, 3.8) is 0 Å². The van der Waals surface area contributed by atoms with Gasteiger partial charge in [0, 0.05) is 12.2 Å². The summed E-state index contributed by atoms with van der Waals surface area (Å²) in [5.74, 6) is 1.47. The van der Waals surface area contributed by atoms with Crippen molar-refractivity contribution in [2.24, 2.45) is 0 Å². The summed E-state index contributed by atoms with van der Waals surface area (Å²) < 4.78 is 10.2. The number of thioether (sulfide) groups is 1. The van der Waals surface area contributed by atoms with E-state index in [1.807, 2.05) is 0 Å². The summed E-state index contributed by atoms with van der Waals surface area (Å²) in [5, 5.41) is 0. The third-order valence-electron chi connectivity index (χ3n) is 1.61. The highest BCUT2D eigenvalue weighted by atomic mass is 32.2. The third-order valence-corrected chi connectivity index (χ3v) is 2.66. The van der Waals surface area contributed by atoms with Crippen LogP contribution in [0.1, 0.15) is 6.42 Å². The summed E-state index contributed by atoms with van der Waals surface area (Å²) in [6, 6.07) is 0. The van der Waals surface area contributed by atoms with Gasteiger partial charge < -0.3 is 9.47 Å². The van der Waals surface area contributed by atoms with Crippen molar-refractivity contribution in [3.8, 4) is 0 Å². The minimum atomic E-state index is -0.212. The Kier molecular flexibility index (Phi) is 1.77. The largest absolute Gasteiger partial charge is 0.495 e. The molecule has 0 aromatic rings. The number of hydrogen-bond donors (Lipinski definition) is 0. The van der Waals surface area contributed by atoms with Gasteiger partial charge in [0.1, 0.15) is 10.7 Å². The molecule has 0 aliphatic carbocycles. The Morgan fingerprint density at radius 1 is 1.27 bits per heavy atom. The van der Waals surface area contributed by atoms with Crippen molar-refractivity contribution < 1.29 is 14.3 Å². The highest BCUT2D eigenvalue weighted by Crippen LogP contribution is 2.31. The molecule has 0 atom stereocenters. The highest BCUT2D eigenvalue weighted by molar-refractivity contribution is 8.04. The van der Waals surface area contributed by atoms with Gasteiger partial charge in [-0.05, 0) is 0 Å². The second kappa shape index (κ2) is 2.77. The van der Waals surface area contributed by atoms with E-state index < -0.39 is 0 Å². The predicted molar refractivity (Wildman–Crippen MR) is 41.0 cm³/mol. The maximum atomic E-state index is 11.0. The van der Waals surface area contributed by atoms with Crippen LogP contribution in [-0.4, -0.2) is 24.9 Å². The number of carbonyl (C=O) groups excluding carboxylic acids is 1. The van der Waals surface area contributed by atoms with E-state index in [1.54, 1.807) is 0 Å². The fourth-order valence-electron chi connectivity index (χ4n) is 1.12. The van der Waals surface area contributed by atoms with Crippen LogP contribution in [0.3, 0.4) is 0 Å². The van der Waals surface area contributed by atoms with Gasteiger partial charge in [0.2, 0.25) is 0 Å². The first-order chi connectivity index (χ1) is 5.38. The van der Waals surface area contributed by atoms with Crippen LogP contribution in [0.4, 0.5) is 0 Å².